The minimum absolute atomic E-state index is 0.0220. The lowest BCUT2D eigenvalue weighted by atomic mass is 10.1. The number of rotatable bonds is 2. The molecule has 0 radical (unpaired) electrons. The molecular weight excluding hydrogens is 393 g/mol. The summed E-state index contributed by atoms with van der Waals surface area (Å²) in [5.41, 5.74) is -0.305. The Morgan fingerprint density at radius 2 is 2.04 bits per heavy atom. The molecule has 25 heavy (non-hydrogen) atoms. The van der Waals surface area contributed by atoms with E-state index in [1.165, 1.54) is 6.07 Å². The molecule has 3 nitrogen and oxygen atoms in total. The van der Waals surface area contributed by atoms with Crippen LogP contribution in [0.5, 0.6) is 0 Å². The molecule has 0 aliphatic carbocycles. The van der Waals surface area contributed by atoms with E-state index >= 15 is 0 Å². The van der Waals surface area contributed by atoms with Crippen molar-refractivity contribution in [3.05, 3.63) is 63.8 Å². The molecule has 1 aliphatic rings. The first-order valence-corrected chi connectivity index (χ1v) is 8.42. The van der Waals surface area contributed by atoms with Crippen LogP contribution in [0.25, 0.3) is 6.08 Å². The molecule has 3 rings (SSSR count). The summed E-state index contributed by atoms with van der Waals surface area (Å²) in [6.07, 6.45) is 0.122. The molecule has 0 unspecified atom stereocenters. The van der Waals surface area contributed by atoms with Gasteiger partial charge in [-0.25, -0.2) is 0 Å². The van der Waals surface area contributed by atoms with Crippen LogP contribution in [-0.2, 0) is 11.0 Å². The standard InChI is InChI=1S/C16H8ClF3N2OS2/c17-12-4-3-10(7-11(12)16(18,19)20)22-14(23)13(25-15(22)24)6-9-2-1-5-21-8-9/h1-8H/b13-6-. The maximum Gasteiger partial charge on any atom is 0.417 e. The molecule has 0 N–H and O–H groups in total. The average Bonchev–Trinajstić information content (AvgIpc) is 2.82. The largest absolute Gasteiger partial charge is 0.417 e. The Bertz CT molecular complexity index is 885. The van der Waals surface area contributed by atoms with Crippen molar-refractivity contribution in [2.24, 2.45) is 0 Å². The quantitative estimate of drug-likeness (QED) is 0.515. The zero-order valence-electron chi connectivity index (χ0n) is 12.2. The van der Waals surface area contributed by atoms with Gasteiger partial charge in [-0.05, 0) is 35.9 Å². The highest BCUT2D eigenvalue weighted by atomic mass is 35.5. The van der Waals surface area contributed by atoms with E-state index in [1.807, 2.05) is 0 Å². The second-order valence-electron chi connectivity index (χ2n) is 4.97. The van der Waals surface area contributed by atoms with Gasteiger partial charge in [0, 0.05) is 12.4 Å². The van der Waals surface area contributed by atoms with Crippen LogP contribution < -0.4 is 4.90 Å². The van der Waals surface area contributed by atoms with Gasteiger partial charge in [0.05, 0.1) is 21.2 Å². The number of nitrogens with zero attached hydrogens (tertiary/aromatic N) is 2. The molecule has 2 aromatic rings. The van der Waals surface area contributed by atoms with Crippen molar-refractivity contribution < 1.29 is 18.0 Å². The van der Waals surface area contributed by atoms with Gasteiger partial charge < -0.3 is 0 Å². The molecule has 1 aromatic heterocycles. The summed E-state index contributed by atoms with van der Waals surface area (Å²) in [4.78, 5) is 17.9. The van der Waals surface area contributed by atoms with Gasteiger partial charge >= 0.3 is 6.18 Å². The Kier molecular flexibility index (Phi) is 4.86. The number of thioether (sulfide) groups is 1. The normalized spacial score (nSPS) is 16.8. The van der Waals surface area contributed by atoms with Crippen LogP contribution in [0.4, 0.5) is 18.9 Å². The minimum Gasteiger partial charge on any atom is -0.268 e. The summed E-state index contributed by atoms with van der Waals surface area (Å²) in [6, 6.07) is 6.71. The summed E-state index contributed by atoms with van der Waals surface area (Å²) >= 11 is 11.8. The maximum atomic E-state index is 13.0. The van der Waals surface area contributed by atoms with Gasteiger partial charge in [-0.3, -0.25) is 14.7 Å². The van der Waals surface area contributed by atoms with Crippen LogP contribution in [-0.4, -0.2) is 15.2 Å². The number of carbonyl (C=O) groups excluding carboxylic acids is 1. The molecule has 9 heteroatoms. The fourth-order valence-corrected chi connectivity index (χ4v) is 3.70. The lowest BCUT2D eigenvalue weighted by Gasteiger charge is -2.17. The number of carbonyl (C=O) groups is 1. The number of alkyl halides is 3. The number of aromatic nitrogens is 1. The first-order chi connectivity index (χ1) is 11.8. The van der Waals surface area contributed by atoms with Gasteiger partial charge in [-0.1, -0.05) is 41.6 Å². The van der Waals surface area contributed by atoms with Crippen molar-refractivity contribution in [2.45, 2.75) is 6.18 Å². The molecule has 2 heterocycles. The van der Waals surface area contributed by atoms with E-state index in [1.54, 1.807) is 30.6 Å². The lowest BCUT2D eigenvalue weighted by molar-refractivity contribution is -0.137. The monoisotopic (exact) mass is 400 g/mol. The number of thiocarbonyl (C=S) groups is 1. The zero-order valence-corrected chi connectivity index (χ0v) is 14.6. The zero-order chi connectivity index (χ0) is 18.2. The van der Waals surface area contributed by atoms with E-state index in [4.69, 9.17) is 23.8 Å². The number of benzene rings is 1. The van der Waals surface area contributed by atoms with E-state index in [-0.39, 0.29) is 10.0 Å². The smallest absolute Gasteiger partial charge is 0.268 e. The van der Waals surface area contributed by atoms with Crippen molar-refractivity contribution in [3.63, 3.8) is 0 Å². The molecule has 0 saturated carbocycles. The van der Waals surface area contributed by atoms with Gasteiger partial charge in [0.1, 0.15) is 0 Å². The van der Waals surface area contributed by atoms with Crippen LogP contribution in [0.1, 0.15) is 11.1 Å². The molecule has 1 aromatic carbocycles. The van der Waals surface area contributed by atoms with E-state index in [0.29, 0.717) is 10.5 Å². The van der Waals surface area contributed by atoms with E-state index in [2.05, 4.69) is 4.98 Å². The fraction of sp³-hybridized carbons (Fsp3) is 0.0625. The lowest BCUT2D eigenvalue weighted by Crippen LogP contribution is -2.27. The van der Waals surface area contributed by atoms with E-state index in [9.17, 15) is 18.0 Å². The van der Waals surface area contributed by atoms with Gasteiger partial charge in [0.2, 0.25) is 0 Å². The molecule has 1 fully saturated rings. The first-order valence-electron chi connectivity index (χ1n) is 6.82. The topological polar surface area (TPSA) is 33.2 Å². The number of anilines is 1. The maximum absolute atomic E-state index is 13.0. The van der Waals surface area contributed by atoms with Crippen LogP contribution in [0.3, 0.4) is 0 Å². The van der Waals surface area contributed by atoms with Crippen molar-refractivity contribution in [3.8, 4) is 0 Å². The summed E-state index contributed by atoms with van der Waals surface area (Å²) < 4.78 is 39.2. The Hall–Kier alpha value is -1.90. The molecular formula is C16H8ClF3N2OS2. The number of hydrogen-bond acceptors (Lipinski definition) is 4. The number of amides is 1. The molecule has 1 aliphatic heterocycles. The number of halogens is 4. The third-order valence-electron chi connectivity index (χ3n) is 3.29. The van der Waals surface area contributed by atoms with Gasteiger partial charge in [-0.15, -0.1) is 0 Å². The number of hydrogen-bond donors (Lipinski definition) is 0. The molecule has 1 saturated heterocycles. The summed E-state index contributed by atoms with van der Waals surface area (Å²) in [5, 5.41) is -0.437. The Balaban J connectivity index is 1.98. The summed E-state index contributed by atoms with van der Waals surface area (Å²) in [5.74, 6) is -0.491. The third-order valence-corrected chi connectivity index (χ3v) is 4.92. The SMILES string of the molecule is O=C1/C(=C/c2cccnc2)SC(=S)N1c1ccc(Cl)c(C(F)(F)F)c1. The van der Waals surface area contributed by atoms with Crippen LogP contribution in [0.2, 0.25) is 5.02 Å². The minimum atomic E-state index is -4.63. The molecule has 128 valence electrons. The average molecular weight is 401 g/mol. The van der Waals surface area contributed by atoms with Crippen molar-refractivity contribution in [1.29, 1.82) is 0 Å². The molecule has 1 amide bonds. The Morgan fingerprint density at radius 3 is 2.68 bits per heavy atom. The van der Waals surface area contributed by atoms with Crippen molar-refractivity contribution in [2.75, 3.05) is 4.90 Å². The Labute approximate surface area is 155 Å². The second kappa shape index (κ2) is 6.78. The predicted molar refractivity (Wildman–Crippen MR) is 96.3 cm³/mol. The van der Waals surface area contributed by atoms with Crippen molar-refractivity contribution >= 4 is 57.6 Å². The van der Waals surface area contributed by atoms with Gasteiger partial charge in [0.15, 0.2) is 4.32 Å². The third kappa shape index (κ3) is 3.70. The molecule has 0 atom stereocenters. The van der Waals surface area contributed by atoms with E-state index < -0.39 is 22.7 Å². The Morgan fingerprint density at radius 1 is 1.28 bits per heavy atom. The molecule has 0 spiro atoms. The second-order valence-corrected chi connectivity index (χ2v) is 7.05. The molecule has 0 bridgehead atoms. The highest BCUT2D eigenvalue weighted by Gasteiger charge is 2.37. The fourth-order valence-electron chi connectivity index (χ4n) is 2.17. The summed E-state index contributed by atoms with van der Waals surface area (Å²) in [7, 11) is 0. The van der Waals surface area contributed by atoms with Gasteiger partial charge in [-0.2, -0.15) is 13.2 Å². The van der Waals surface area contributed by atoms with Gasteiger partial charge in [0.25, 0.3) is 5.91 Å². The van der Waals surface area contributed by atoms with Crippen LogP contribution >= 0.6 is 35.6 Å². The van der Waals surface area contributed by atoms with Crippen molar-refractivity contribution in [1.82, 2.24) is 4.98 Å². The highest BCUT2D eigenvalue weighted by molar-refractivity contribution is 8.27. The van der Waals surface area contributed by atoms with Crippen LogP contribution in [0, 0.1) is 0 Å². The summed E-state index contributed by atoms with van der Waals surface area (Å²) in [6.45, 7) is 0. The highest BCUT2D eigenvalue weighted by Crippen LogP contribution is 2.40. The number of pyridine rings is 1. The first kappa shape index (κ1) is 17.9. The van der Waals surface area contributed by atoms with Crippen LogP contribution in [0.15, 0.2) is 47.6 Å². The van der Waals surface area contributed by atoms with E-state index in [0.717, 1.165) is 28.8 Å². The predicted octanol–water partition coefficient (Wildman–Crippen LogP) is 5.16.